The first-order valence-electron chi connectivity index (χ1n) is 7.02. The van der Waals surface area contributed by atoms with Gasteiger partial charge in [-0.05, 0) is 43.0 Å². The number of benzene rings is 1. The fourth-order valence-corrected chi connectivity index (χ4v) is 2.71. The highest BCUT2D eigenvalue weighted by molar-refractivity contribution is 5.98. The predicted molar refractivity (Wildman–Crippen MR) is 86.7 cm³/mol. The number of halogens is 1. The van der Waals surface area contributed by atoms with E-state index >= 15 is 0 Å². The highest BCUT2D eigenvalue weighted by atomic mass is 35.5. The van der Waals surface area contributed by atoms with Crippen molar-refractivity contribution in [1.82, 2.24) is 9.88 Å². The Balaban J connectivity index is 0.00000161. The minimum atomic E-state index is 0. The van der Waals surface area contributed by atoms with Gasteiger partial charge in [0.1, 0.15) is 0 Å². The van der Waals surface area contributed by atoms with Gasteiger partial charge in [0.05, 0.1) is 5.52 Å². The normalized spacial score (nSPS) is 15.3. The third kappa shape index (κ3) is 3.17. The molecule has 0 bridgehead atoms. The van der Waals surface area contributed by atoms with Crippen LogP contribution in [0.1, 0.15) is 23.2 Å². The molecule has 1 saturated carbocycles. The van der Waals surface area contributed by atoms with Gasteiger partial charge in [0.2, 0.25) is 0 Å². The molecule has 1 aromatic heterocycles. The molecule has 0 spiro atoms. The Kier molecular flexibility index (Phi) is 4.80. The Bertz CT molecular complexity index is 642. The van der Waals surface area contributed by atoms with Crippen LogP contribution in [0.25, 0.3) is 10.9 Å². The number of pyridine rings is 1. The molecule has 1 unspecified atom stereocenters. The van der Waals surface area contributed by atoms with Crippen LogP contribution in [0.3, 0.4) is 0 Å². The number of fused-ring (bicyclic) bond motifs is 1. The van der Waals surface area contributed by atoms with Crippen molar-refractivity contribution in [2.75, 3.05) is 13.6 Å². The molecule has 4 nitrogen and oxygen atoms in total. The van der Waals surface area contributed by atoms with Gasteiger partial charge >= 0.3 is 0 Å². The number of carbonyl (C=O) groups is 1. The van der Waals surface area contributed by atoms with E-state index in [0.29, 0.717) is 18.0 Å². The van der Waals surface area contributed by atoms with Crippen LogP contribution in [-0.2, 0) is 0 Å². The van der Waals surface area contributed by atoms with Gasteiger partial charge in [-0.15, -0.1) is 12.4 Å². The van der Waals surface area contributed by atoms with Crippen molar-refractivity contribution in [1.29, 1.82) is 0 Å². The molecular weight excluding hydrogens is 286 g/mol. The summed E-state index contributed by atoms with van der Waals surface area (Å²) < 4.78 is 0. The summed E-state index contributed by atoms with van der Waals surface area (Å²) in [6.07, 6.45) is 4.12. The molecule has 2 N–H and O–H groups in total. The lowest BCUT2D eigenvalue weighted by Gasteiger charge is -2.27. The van der Waals surface area contributed by atoms with Crippen LogP contribution in [-0.4, -0.2) is 35.4 Å². The summed E-state index contributed by atoms with van der Waals surface area (Å²) in [7, 11) is 1.85. The van der Waals surface area contributed by atoms with Crippen LogP contribution in [0, 0.1) is 5.92 Å². The van der Waals surface area contributed by atoms with E-state index < -0.39 is 0 Å². The van der Waals surface area contributed by atoms with Crippen LogP contribution in [0.5, 0.6) is 0 Å². The van der Waals surface area contributed by atoms with Crippen LogP contribution < -0.4 is 5.73 Å². The first-order valence-corrected chi connectivity index (χ1v) is 7.02. The topological polar surface area (TPSA) is 59.2 Å². The number of amides is 1. The highest BCUT2D eigenvalue weighted by Gasteiger charge is 2.35. The molecule has 1 aliphatic carbocycles. The Morgan fingerprint density at radius 1 is 1.43 bits per heavy atom. The molecule has 1 atom stereocenters. The number of nitrogens with two attached hydrogens (primary N) is 1. The molecule has 0 aliphatic heterocycles. The quantitative estimate of drug-likeness (QED) is 0.944. The Hall–Kier alpha value is -1.65. The summed E-state index contributed by atoms with van der Waals surface area (Å²) in [5.41, 5.74) is 7.42. The Morgan fingerprint density at radius 3 is 2.86 bits per heavy atom. The van der Waals surface area contributed by atoms with Crippen LogP contribution >= 0.6 is 12.4 Å². The summed E-state index contributed by atoms with van der Waals surface area (Å²) in [6, 6.07) is 9.65. The van der Waals surface area contributed by atoms with Crippen LogP contribution in [0.2, 0.25) is 0 Å². The van der Waals surface area contributed by atoms with E-state index in [1.165, 1.54) is 12.8 Å². The zero-order chi connectivity index (χ0) is 14.1. The molecule has 1 fully saturated rings. The van der Waals surface area contributed by atoms with Gasteiger partial charge in [0, 0.05) is 36.8 Å². The molecule has 112 valence electrons. The van der Waals surface area contributed by atoms with E-state index in [2.05, 4.69) is 4.98 Å². The van der Waals surface area contributed by atoms with Crippen molar-refractivity contribution in [2.45, 2.75) is 18.9 Å². The fourth-order valence-electron chi connectivity index (χ4n) is 2.71. The summed E-state index contributed by atoms with van der Waals surface area (Å²) in [5.74, 6) is 0.620. The van der Waals surface area contributed by atoms with Crippen LogP contribution in [0.15, 0.2) is 36.5 Å². The average Bonchev–Trinajstić information content (AvgIpc) is 3.31. The molecule has 0 saturated heterocycles. The number of likely N-dealkylation sites (N-methyl/N-ethyl adjacent to an activating group) is 1. The summed E-state index contributed by atoms with van der Waals surface area (Å²) in [6.45, 7) is 0.530. The van der Waals surface area contributed by atoms with Gasteiger partial charge in [-0.25, -0.2) is 0 Å². The van der Waals surface area contributed by atoms with Gasteiger partial charge in [-0.2, -0.15) is 0 Å². The molecule has 1 aromatic carbocycles. The Labute approximate surface area is 130 Å². The van der Waals surface area contributed by atoms with Gasteiger partial charge in [-0.1, -0.05) is 6.07 Å². The third-order valence-electron chi connectivity index (χ3n) is 4.08. The smallest absolute Gasteiger partial charge is 0.253 e. The lowest BCUT2D eigenvalue weighted by molar-refractivity contribution is 0.0719. The molecule has 3 rings (SSSR count). The molecule has 0 radical (unpaired) electrons. The predicted octanol–water partition coefficient (Wildman–Crippen LogP) is 2.47. The largest absolute Gasteiger partial charge is 0.337 e. The second-order valence-corrected chi connectivity index (χ2v) is 5.47. The molecule has 2 aromatic rings. The second-order valence-electron chi connectivity index (χ2n) is 5.47. The molecular formula is C16H20ClN3O. The van der Waals surface area contributed by atoms with Crippen molar-refractivity contribution in [3.8, 4) is 0 Å². The van der Waals surface area contributed by atoms with E-state index in [1.807, 2.05) is 37.4 Å². The molecule has 1 amide bonds. The number of rotatable bonds is 4. The number of hydrogen-bond donors (Lipinski definition) is 1. The molecule has 21 heavy (non-hydrogen) atoms. The zero-order valence-corrected chi connectivity index (χ0v) is 12.8. The standard InChI is InChI=1S/C16H19N3O.ClH/c1-19(15(10-17)11-4-5-11)16(20)13-6-7-14-12(9-13)3-2-8-18-14;/h2-3,6-9,11,15H,4-5,10,17H2,1H3;1H. The first-order chi connectivity index (χ1) is 9.70. The van der Waals surface area contributed by atoms with E-state index in [1.54, 1.807) is 11.1 Å². The van der Waals surface area contributed by atoms with Crippen molar-refractivity contribution in [3.63, 3.8) is 0 Å². The Morgan fingerprint density at radius 2 is 2.19 bits per heavy atom. The van der Waals surface area contributed by atoms with E-state index in [-0.39, 0.29) is 24.4 Å². The highest BCUT2D eigenvalue weighted by Crippen LogP contribution is 2.35. The van der Waals surface area contributed by atoms with E-state index in [9.17, 15) is 4.79 Å². The second kappa shape index (κ2) is 6.41. The molecule has 1 aliphatic rings. The number of carbonyl (C=O) groups excluding carboxylic acids is 1. The number of nitrogens with zero attached hydrogens (tertiary/aromatic N) is 2. The summed E-state index contributed by atoms with van der Waals surface area (Å²) in [5, 5.41) is 0.988. The maximum atomic E-state index is 12.6. The number of aromatic nitrogens is 1. The monoisotopic (exact) mass is 305 g/mol. The third-order valence-corrected chi connectivity index (χ3v) is 4.08. The maximum absolute atomic E-state index is 12.6. The van der Waals surface area contributed by atoms with Crippen molar-refractivity contribution >= 4 is 29.2 Å². The summed E-state index contributed by atoms with van der Waals surface area (Å²) in [4.78, 5) is 18.6. The first kappa shape index (κ1) is 15.7. The maximum Gasteiger partial charge on any atom is 0.253 e. The van der Waals surface area contributed by atoms with Gasteiger partial charge in [0.25, 0.3) is 5.91 Å². The van der Waals surface area contributed by atoms with Crippen molar-refractivity contribution in [3.05, 3.63) is 42.1 Å². The van der Waals surface area contributed by atoms with Gasteiger partial charge < -0.3 is 10.6 Å². The fraction of sp³-hybridized carbons (Fsp3) is 0.375. The SMILES string of the molecule is CN(C(=O)c1ccc2ncccc2c1)C(CN)C1CC1.Cl. The molecule has 1 heterocycles. The summed E-state index contributed by atoms with van der Waals surface area (Å²) >= 11 is 0. The van der Waals surface area contributed by atoms with Gasteiger partial charge in [-0.3, -0.25) is 9.78 Å². The van der Waals surface area contributed by atoms with Crippen molar-refractivity contribution in [2.24, 2.45) is 11.7 Å². The van der Waals surface area contributed by atoms with Crippen molar-refractivity contribution < 1.29 is 4.79 Å². The van der Waals surface area contributed by atoms with E-state index in [4.69, 9.17) is 5.73 Å². The van der Waals surface area contributed by atoms with Gasteiger partial charge in [0.15, 0.2) is 0 Å². The van der Waals surface area contributed by atoms with E-state index in [0.717, 1.165) is 10.9 Å². The minimum absolute atomic E-state index is 0. The minimum Gasteiger partial charge on any atom is -0.337 e. The zero-order valence-electron chi connectivity index (χ0n) is 12.0. The van der Waals surface area contributed by atoms with Crippen LogP contribution in [0.4, 0.5) is 0 Å². The number of hydrogen-bond acceptors (Lipinski definition) is 3. The lowest BCUT2D eigenvalue weighted by atomic mass is 10.1. The lowest BCUT2D eigenvalue weighted by Crippen LogP contribution is -2.43. The molecule has 5 heteroatoms. The average molecular weight is 306 g/mol.